The van der Waals surface area contributed by atoms with Crippen LogP contribution in [0.1, 0.15) is 33.1 Å². The monoisotopic (exact) mass is 219 g/mol. The van der Waals surface area contributed by atoms with E-state index in [1.807, 2.05) is 0 Å². The summed E-state index contributed by atoms with van der Waals surface area (Å²) in [5.74, 6) is -1.59. The van der Waals surface area contributed by atoms with Gasteiger partial charge in [-0.1, -0.05) is 35.7 Å². The molecule has 0 radical (unpaired) electrons. The van der Waals surface area contributed by atoms with Crippen molar-refractivity contribution in [2.45, 2.75) is 33.1 Å². The summed E-state index contributed by atoms with van der Waals surface area (Å²) in [7, 11) is 0. The Labute approximate surface area is 88.3 Å². The van der Waals surface area contributed by atoms with Gasteiger partial charge in [-0.15, -0.1) is 0 Å². The minimum atomic E-state index is -0.799. The van der Waals surface area contributed by atoms with E-state index in [9.17, 15) is 13.3 Å². The molecule has 1 nitrogen and oxygen atoms in total. The Morgan fingerprint density at radius 2 is 1.93 bits per heavy atom. The molecular weight excluding hydrogens is 203 g/mol. The minimum absolute atomic E-state index is 0.0927. The Kier molecular flexibility index (Phi) is 7.68. The first kappa shape index (κ1) is 13.9. The molecule has 0 rings (SSSR count). The topological polar surface area (TPSA) is 12.4 Å². The van der Waals surface area contributed by atoms with Gasteiger partial charge in [0.25, 0.3) is 0 Å². The fourth-order valence-corrected chi connectivity index (χ4v) is 1.06. The highest BCUT2D eigenvalue weighted by molar-refractivity contribution is 5.63. The second kappa shape index (κ2) is 8.26. The van der Waals surface area contributed by atoms with Crippen LogP contribution >= 0.6 is 0 Å². The smallest absolute Gasteiger partial charge is 0.105 e. The van der Waals surface area contributed by atoms with Crippen LogP contribution in [-0.2, 0) is 0 Å². The fourth-order valence-electron chi connectivity index (χ4n) is 1.06. The maximum Gasteiger partial charge on any atom is 0.105 e. The van der Waals surface area contributed by atoms with Gasteiger partial charge in [0.2, 0.25) is 0 Å². The molecule has 0 aromatic rings. The molecule has 0 saturated carbocycles. The third kappa shape index (κ3) is 6.10. The Morgan fingerprint density at radius 3 is 2.40 bits per heavy atom. The summed E-state index contributed by atoms with van der Waals surface area (Å²) in [6.45, 7) is 3.42. The zero-order valence-corrected chi connectivity index (χ0v) is 9.01. The highest BCUT2D eigenvalue weighted by Crippen LogP contribution is 2.18. The lowest BCUT2D eigenvalue weighted by molar-refractivity contribution is 0.508. The number of hydrogen-bond donors (Lipinski definition) is 0. The zero-order valence-electron chi connectivity index (χ0n) is 9.01. The molecule has 1 atom stereocenters. The molecule has 0 aliphatic heterocycles. The fraction of sp³-hybridized carbons (Fsp3) is 0.545. The highest BCUT2D eigenvalue weighted by Gasteiger charge is 2.10. The summed E-state index contributed by atoms with van der Waals surface area (Å²) in [6.07, 6.45) is 4.32. The highest BCUT2D eigenvalue weighted by atomic mass is 19.2. The van der Waals surface area contributed by atoms with Gasteiger partial charge in [0, 0.05) is 6.21 Å². The molecule has 0 N–H and O–H groups in total. The predicted molar refractivity (Wildman–Crippen MR) is 56.7 cm³/mol. The lowest BCUT2D eigenvalue weighted by atomic mass is 10.0. The molecule has 0 aliphatic carbocycles. The molecule has 86 valence electrons. The van der Waals surface area contributed by atoms with Gasteiger partial charge < -0.3 is 0 Å². The molecule has 0 aromatic heterocycles. The van der Waals surface area contributed by atoms with Crippen molar-refractivity contribution in [3.05, 3.63) is 23.8 Å². The number of rotatable bonds is 6. The van der Waals surface area contributed by atoms with E-state index < -0.39 is 11.7 Å². The molecule has 0 heterocycles. The van der Waals surface area contributed by atoms with Gasteiger partial charge >= 0.3 is 0 Å². The molecule has 0 saturated heterocycles. The molecule has 4 heteroatoms. The Hall–Kier alpha value is -1.06. The van der Waals surface area contributed by atoms with E-state index in [-0.39, 0.29) is 18.7 Å². The van der Waals surface area contributed by atoms with Gasteiger partial charge in [-0.2, -0.15) is 0 Å². The first-order chi connectivity index (χ1) is 7.15. The van der Waals surface area contributed by atoms with Crippen LogP contribution in [0.2, 0.25) is 0 Å². The third-order valence-electron chi connectivity index (χ3n) is 1.92. The Bertz CT molecular complexity index is 257. The summed E-state index contributed by atoms with van der Waals surface area (Å²) < 4.78 is 37.7. The molecular formula is C11H16F3N. The largest absolute Gasteiger partial charge is 0.212 e. The van der Waals surface area contributed by atoms with Crippen LogP contribution in [0.5, 0.6) is 0 Å². The van der Waals surface area contributed by atoms with Gasteiger partial charge in [-0.25, -0.2) is 8.78 Å². The number of nitrogens with zero attached hydrogens (tertiary/aromatic N) is 1. The van der Waals surface area contributed by atoms with Gasteiger partial charge in [0.05, 0.1) is 11.7 Å². The van der Waals surface area contributed by atoms with Crippen LogP contribution in [0.15, 0.2) is 29.0 Å². The summed E-state index contributed by atoms with van der Waals surface area (Å²) >= 11 is 0. The van der Waals surface area contributed by atoms with Crippen LogP contribution in [-0.4, -0.2) is 6.21 Å². The van der Waals surface area contributed by atoms with Gasteiger partial charge in [-0.05, 0) is 19.3 Å². The van der Waals surface area contributed by atoms with E-state index in [4.69, 9.17) is 0 Å². The van der Waals surface area contributed by atoms with E-state index in [1.165, 1.54) is 12.2 Å². The van der Waals surface area contributed by atoms with E-state index in [0.717, 1.165) is 6.21 Å². The van der Waals surface area contributed by atoms with Crippen LogP contribution in [0.4, 0.5) is 13.3 Å². The summed E-state index contributed by atoms with van der Waals surface area (Å²) in [5, 5.41) is 2.29. The van der Waals surface area contributed by atoms with Crippen LogP contribution in [0.25, 0.3) is 0 Å². The number of allylic oxidation sites excluding steroid dienone is 4. The molecule has 0 bridgehead atoms. The van der Waals surface area contributed by atoms with Crippen molar-refractivity contribution in [1.29, 1.82) is 0 Å². The predicted octanol–water partition coefficient (Wildman–Crippen LogP) is 4.47. The van der Waals surface area contributed by atoms with Crippen LogP contribution in [0, 0.1) is 5.92 Å². The average Bonchev–Trinajstić information content (AvgIpc) is 2.23. The first-order valence-corrected chi connectivity index (χ1v) is 5.00. The van der Waals surface area contributed by atoms with E-state index >= 15 is 0 Å². The van der Waals surface area contributed by atoms with Crippen LogP contribution in [0.3, 0.4) is 0 Å². The molecule has 0 spiro atoms. The number of halogens is 3. The molecule has 0 aliphatic rings. The van der Waals surface area contributed by atoms with Crippen molar-refractivity contribution in [2.75, 3.05) is 0 Å². The first-order valence-electron chi connectivity index (χ1n) is 5.00. The van der Waals surface area contributed by atoms with E-state index in [2.05, 4.69) is 5.21 Å². The normalized spacial score (nSPS) is 16.1. The summed E-state index contributed by atoms with van der Waals surface area (Å²) in [5.41, 5.74) is 0. The molecule has 15 heavy (non-hydrogen) atoms. The van der Waals surface area contributed by atoms with Crippen LogP contribution < -0.4 is 0 Å². The van der Waals surface area contributed by atoms with Crippen molar-refractivity contribution in [1.82, 2.24) is 0 Å². The lowest BCUT2D eigenvalue weighted by Gasteiger charge is -2.05. The van der Waals surface area contributed by atoms with Gasteiger partial charge in [-0.3, -0.25) is 0 Å². The van der Waals surface area contributed by atoms with Gasteiger partial charge in [0.1, 0.15) is 5.83 Å². The molecule has 0 fully saturated rings. The van der Waals surface area contributed by atoms with Crippen molar-refractivity contribution >= 4 is 6.21 Å². The minimum Gasteiger partial charge on any atom is -0.212 e. The second-order valence-electron chi connectivity index (χ2n) is 3.09. The third-order valence-corrected chi connectivity index (χ3v) is 1.92. The summed E-state index contributed by atoms with van der Waals surface area (Å²) in [4.78, 5) is 0. The lowest BCUT2D eigenvalue weighted by Crippen LogP contribution is -2.01. The van der Waals surface area contributed by atoms with Crippen molar-refractivity contribution in [3.63, 3.8) is 0 Å². The average molecular weight is 219 g/mol. The Morgan fingerprint density at radius 1 is 1.27 bits per heavy atom. The van der Waals surface area contributed by atoms with Crippen molar-refractivity contribution in [2.24, 2.45) is 11.1 Å². The maximum absolute atomic E-state index is 13.3. The van der Waals surface area contributed by atoms with Crippen molar-refractivity contribution in [3.8, 4) is 0 Å². The van der Waals surface area contributed by atoms with Crippen molar-refractivity contribution < 1.29 is 13.3 Å². The standard InChI is InChI=1S/C11H16F3N/c1-3-5-11(13)9(8-15-14)6-7-10(12)4-2/h5,7-9H,3-4,6H2,1-2H3/b10-7+,11-5+,15-8?. The SMILES string of the molecule is CC/C=C(/F)C(C=NF)C/C=C(/F)CC. The van der Waals surface area contributed by atoms with Gasteiger partial charge in [0.15, 0.2) is 0 Å². The maximum atomic E-state index is 13.3. The molecule has 1 unspecified atom stereocenters. The summed E-state index contributed by atoms with van der Waals surface area (Å²) in [6, 6.07) is 0. The second-order valence-corrected chi connectivity index (χ2v) is 3.09. The van der Waals surface area contributed by atoms with E-state index in [1.54, 1.807) is 13.8 Å². The zero-order chi connectivity index (χ0) is 11.7. The quantitative estimate of drug-likeness (QED) is 0.584. The van der Waals surface area contributed by atoms with E-state index in [0.29, 0.717) is 6.42 Å². The molecule has 0 aromatic carbocycles. The number of hydrogen-bond acceptors (Lipinski definition) is 1. The Balaban J connectivity index is 4.48. The molecule has 0 amide bonds.